The summed E-state index contributed by atoms with van der Waals surface area (Å²) in [6.45, 7) is 0. The fourth-order valence-corrected chi connectivity index (χ4v) is 2.86. The Kier molecular flexibility index (Phi) is 3.78. The van der Waals surface area contributed by atoms with Crippen LogP contribution in [-0.2, 0) is 9.53 Å². The van der Waals surface area contributed by atoms with E-state index >= 15 is 0 Å². The topological polar surface area (TPSA) is 81.8 Å². The predicted molar refractivity (Wildman–Crippen MR) is 97.7 cm³/mol. The standard InChI is InChI=1S/C20H12N2O4/c23-20-17(12-14-7-2-4-11-18(14)22(24)25)21-19(26-20)16-10-5-8-13-6-1-3-9-15(13)16/h1-12H. The van der Waals surface area contributed by atoms with Crippen LogP contribution in [0.3, 0.4) is 0 Å². The Morgan fingerprint density at radius 3 is 2.54 bits per heavy atom. The van der Waals surface area contributed by atoms with Gasteiger partial charge < -0.3 is 4.74 Å². The van der Waals surface area contributed by atoms with Crippen molar-refractivity contribution < 1.29 is 14.5 Å². The number of para-hydroxylation sites is 1. The zero-order valence-corrected chi connectivity index (χ0v) is 13.5. The number of aliphatic imine (C=N–C) groups is 1. The van der Waals surface area contributed by atoms with Crippen molar-refractivity contribution >= 4 is 34.4 Å². The van der Waals surface area contributed by atoms with Crippen LogP contribution in [-0.4, -0.2) is 16.8 Å². The van der Waals surface area contributed by atoms with E-state index in [-0.39, 0.29) is 17.3 Å². The zero-order chi connectivity index (χ0) is 18.1. The molecule has 4 rings (SSSR count). The van der Waals surface area contributed by atoms with Gasteiger partial charge in [-0.05, 0) is 29.0 Å². The van der Waals surface area contributed by atoms with Crippen LogP contribution >= 0.6 is 0 Å². The maximum atomic E-state index is 12.2. The zero-order valence-electron chi connectivity index (χ0n) is 13.5. The minimum atomic E-state index is -0.633. The number of hydrogen-bond acceptors (Lipinski definition) is 5. The number of nitro benzene ring substituents is 1. The van der Waals surface area contributed by atoms with E-state index in [4.69, 9.17) is 4.74 Å². The Bertz CT molecular complexity index is 1110. The lowest BCUT2D eigenvalue weighted by Gasteiger charge is -2.04. The van der Waals surface area contributed by atoms with Gasteiger partial charge in [0.2, 0.25) is 5.90 Å². The number of carbonyl (C=O) groups excluding carboxylic acids is 1. The number of rotatable bonds is 3. The lowest BCUT2D eigenvalue weighted by atomic mass is 10.0. The second-order valence-corrected chi connectivity index (χ2v) is 5.68. The molecule has 1 aliphatic rings. The van der Waals surface area contributed by atoms with Crippen molar-refractivity contribution in [3.05, 3.63) is 93.7 Å². The van der Waals surface area contributed by atoms with Crippen LogP contribution in [0.1, 0.15) is 11.1 Å². The summed E-state index contributed by atoms with van der Waals surface area (Å²) < 4.78 is 5.31. The van der Waals surface area contributed by atoms with Gasteiger partial charge in [0, 0.05) is 11.6 Å². The third-order valence-electron chi connectivity index (χ3n) is 4.07. The molecule has 0 saturated heterocycles. The molecule has 6 nitrogen and oxygen atoms in total. The summed E-state index contributed by atoms with van der Waals surface area (Å²) in [5.74, 6) is -0.442. The molecule has 1 aliphatic heterocycles. The van der Waals surface area contributed by atoms with Crippen LogP contribution in [0.5, 0.6) is 0 Å². The van der Waals surface area contributed by atoms with Crippen molar-refractivity contribution in [2.24, 2.45) is 4.99 Å². The van der Waals surface area contributed by atoms with E-state index in [1.165, 1.54) is 12.1 Å². The maximum Gasteiger partial charge on any atom is 0.363 e. The van der Waals surface area contributed by atoms with Gasteiger partial charge in [-0.3, -0.25) is 10.1 Å². The van der Waals surface area contributed by atoms with Crippen molar-refractivity contribution in [2.45, 2.75) is 0 Å². The van der Waals surface area contributed by atoms with Crippen LogP contribution in [0.2, 0.25) is 0 Å². The molecule has 26 heavy (non-hydrogen) atoms. The summed E-state index contributed by atoms with van der Waals surface area (Å²) >= 11 is 0. The Labute approximate surface area is 148 Å². The lowest BCUT2D eigenvalue weighted by Crippen LogP contribution is -2.06. The number of benzene rings is 3. The summed E-state index contributed by atoms with van der Waals surface area (Å²) in [6, 6.07) is 19.5. The third-order valence-corrected chi connectivity index (χ3v) is 4.07. The van der Waals surface area contributed by atoms with Crippen molar-refractivity contribution in [3.63, 3.8) is 0 Å². The van der Waals surface area contributed by atoms with Crippen LogP contribution < -0.4 is 0 Å². The SMILES string of the molecule is O=C1OC(c2cccc3ccccc23)=NC1=Cc1ccccc1[N+](=O)[O-]. The first-order valence-corrected chi connectivity index (χ1v) is 7.87. The van der Waals surface area contributed by atoms with Gasteiger partial charge in [0.25, 0.3) is 5.69 Å². The predicted octanol–water partition coefficient (Wildman–Crippen LogP) is 4.09. The van der Waals surface area contributed by atoms with Gasteiger partial charge in [-0.25, -0.2) is 9.79 Å². The molecule has 0 radical (unpaired) electrons. The highest BCUT2D eigenvalue weighted by Crippen LogP contribution is 2.27. The number of hydrogen-bond donors (Lipinski definition) is 0. The van der Waals surface area contributed by atoms with Crippen molar-refractivity contribution in [3.8, 4) is 0 Å². The molecule has 0 fully saturated rings. The van der Waals surface area contributed by atoms with E-state index in [1.54, 1.807) is 18.2 Å². The highest BCUT2D eigenvalue weighted by Gasteiger charge is 2.26. The Balaban J connectivity index is 1.80. The quantitative estimate of drug-likeness (QED) is 0.310. The molecule has 1 heterocycles. The molecule has 0 aliphatic carbocycles. The monoisotopic (exact) mass is 344 g/mol. The van der Waals surface area contributed by atoms with Gasteiger partial charge >= 0.3 is 5.97 Å². The van der Waals surface area contributed by atoms with E-state index in [1.807, 2.05) is 42.5 Å². The fourth-order valence-electron chi connectivity index (χ4n) is 2.86. The highest BCUT2D eigenvalue weighted by atomic mass is 16.6. The molecule has 0 atom stereocenters. The average molecular weight is 344 g/mol. The normalized spacial score (nSPS) is 15.2. The van der Waals surface area contributed by atoms with E-state index < -0.39 is 10.9 Å². The molecule has 3 aromatic carbocycles. The Morgan fingerprint density at radius 2 is 1.69 bits per heavy atom. The molecular formula is C20H12N2O4. The molecule has 0 amide bonds. The van der Waals surface area contributed by atoms with Crippen LogP contribution in [0.4, 0.5) is 5.69 Å². The summed E-state index contributed by atoms with van der Waals surface area (Å²) in [4.78, 5) is 27.1. The van der Waals surface area contributed by atoms with E-state index in [9.17, 15) is 14.9 Å². The molecule has 0 unspecified atom stereocenters. The van der Waals surface area contributed by atoms with Crippen molar-refractivity contribution in [1.82, 2.24) is 0 Å². The molecule has 0 spiro atoms. The number of fused-ring (bicyclic) bond motifs is 1. The summed E-state index contributed by atoms with van der Waals surface area (Å²) in [5.41, 5.74) is 0.929. The first kappa shape index (κ1) is 15.7. The minimum absolute atomic E-state index is 0.0298. The molecular weight excluding hydrogens is 332 g/mol. The number of cyclic esters (lactones) is 1. The molecule has 0 bridgehead atoms. The number of esters is 1. The number of carbonyl (C=O) groups is 1. The average Bonchev–Trinajstić information content (AvgIpc) is 3.02. The lowest BCUT2D eigenvalue weighted by molar-refractivity contribution is -0.385. The van der Waals surface area contributed by atoms with Gasteiger partial charge in [0.1, 0.15) is 0 Å². The smallest absolute Gasteiger partial charge is 0.363 e. The maximum absolute atomic E-state index is 12.2. The number of nitrogens with zero attached hydrogens (tertiary/aromatic N) is 2. The van der Waals surface area contributed by atoms with Gasteiger partial charge in [-0.15, -0.1) is 0 Å². The molecule has 126 valence electrons. The summed E-state index contributed by atoms with van der Waals surface area (Å²) in [7, 11) is 0. The Hall–Kier alpha value is -3.80. The first-order chi connectivity index (χ1) is 12.6. The van der Waals surface area contributed by atoms with Crippen molar-refractivity contribution in [1.29, 1.82) is 0 Å². The van der Waals surface area contributed by atoms with Gasteiger partial charge in [-0.2, -0.15) is 0 Å². The largest absolute Gasteiger partial charge is 0.402 e. The van der Waals surface area contributed by atoms with Gasteiger partial charge in [0.05, 0.1) is 10.5 Å². The fraction of sp³-hybridized carbons (Fsp3) is 0. The van der Waals surface area contributed by atoms with Crippen molar-refractivity contribution in [2.75, 3.05) is 0 Å². The summed E-state index contributed by atoms with van der Waals surface area (Å²) in [5, 5.41) is 13.0. The molecule has 0 N–H and O–H groups in total. The first-order valence-electron chi connectivity index (χ1n) is 7.87. The second-order valence-electron chi connectivity index (χ2n) is 5.68. The highest BCUT2D eigenvalue weighted by molar-refractivity contribution is 6.17. The minimum Gasteiger partial charge on any atom is -0.402 e. The molecule has 3 aromatic rings. The van der Waals surface area contributed by atoms with E-state index in [0.717, 1.165) is 10.8 Å². The van der Waals surface area contributed by atoms with E-state index in [2.05, 4.69) is 4.99 Å². The number of ether oxygens (including phenoxy) is 1. The third kappa shape index (κ3) is 2.73. The van der Waals surface area contributed by atoms with Gasteiger partial charge in [0.15, 0.2) is 5.70 Å². The molecule has 0 aromatic heterocycles. The van der Waals surface area contributed by atoms with Crippen LogP contribution in [0, 0.1) is 10.1 Å². The van der Waals surface area contributed by atoms with Gasteiger partial charge in [-0.1, -0.05) is 48.5 Å². The second kappa shape index (κ2) is 6.25. The van der Waals surface area contributed by atoms with Crippen LogP contribution in [0.25, 0.3) is 16.8 Å². The molecule has 0 saturated carbocycles. The summed E-state index contributed by atoms with van der Waals surface area (Å²) in [6.07, 6.45) is 1.37. The number of nitro groups is 1. The van der Waals surface area contributed by atoms with Crippen LogP contribution in [0.15, 0.2) is 77.4 Å². The molecule has 6 heteroatoms. The van der Waals surface area contributed by atoms with E-state index in [0.29, 0.717) is 11.1 Å². The Morgan fingerprint density at radius 1 is 0.962 bits per heavy atom.